The zero-order valence-corrected chi connectivity index (χ0v) is 14.3. The highest BCUT2D eigenvalue weighted by molar-refractivity contribution is 5.90. The van der Waals surface area contributed by atoms with Gasteiger partial charge in [0, 0.05) is 13.0 Å². The summed E-state index contributed by atoms with van der Waals surface area (Å²) in [5.74, 6) is 0.967. The Kier molecular flexibility index (Phi) is 5.26. The largest absolute Gasteiger partial charge is 0.416 e. The van der Waals surface area contributed by atoms with Crippen LogP contribution in [0.3, 0.4) is 0 Å². The van der Waals surface area contributed by atoms with Gasteiger partial charge >= 0.3 is 6.18 Å². The molecule has 0 unspecified atom stereocenters. The van der Waals surface area contributed by atoms with Crippen LogP contribution in [0.4, 0.5) is 19.1 Å². The first-order valence-corrected chi connectivity index (χ1v) is 8.40. The van der Waals surface area contributed by atoms with Gasteiger partial charge in [-0.15, -0.1) is 0 Å². The molecule has 0 spiro atoms. The van der Waals surface area contributed by atoms with Crippen LogP contribution in [-0.2, 0) is 24.4 Å². The zero-order chi connectivity index (χ0) is 18.7. The number of alkyl halides is 3. The van der Waals surface area contributed by atoms with Crippen molar-refractivity contribution in [2.45, 2.75) is 31.4 Å². The fourth-order valence-electron chi connectivity index (χ4n) is 2.93. The van der Waals surface area contributed by atoms with Crippen LogP contribution in [0.15, 0.2) is 24.3 Å². The minimum Gasteiger partial charge on any atom is -0.317 e. The Hall–Kier alpha value is -2.42. The number of benzene rings is 1. The number of carbonyl (C=O) groups is 1. The summed E-state index contributed by atoms with van der Waals surface area (Å²) in [5.41, 5.74) is -0.238. The van der Waals surface area contributed by atoms with E-state index in [1.54, 1.807) is 7.05 Å². The van der Waals surface area contributed by atoms with E-state index < -0.39 is 11.7 Å². The van der Waals surface area contributed by atoms with Crippen LogP contribution in [0.2, 0.25) is 0 Å². The maximum absolute atomic E-state index is 12.6. The van der Waals surface area contributed by atoms with Crippen LogP contribution in [0.25, 0.3) is 0 Å². The number of hydrogen-bond acceptors (Lipinski definition) is 4. The maximum atomic E-state index is 12.6. The number of hydrogen-bond donors (Lipinski definition) is 2. The highest BCUT2D eigenvalue weighted by atomic mass is 19.4. The average Bonchev–Trinajstić information content (AvgIpc) is 2.96. The second-order valence-corrected chi connectivity index (χ2v) is 6.36. The molecule has 1 fully saturated rings. The summed E-state index contributed by atoms with van der Waals surface area (Å²) >= 11 is 0. The van der Waals surface area contributed by atoms with Crippen LogP contribution >= 0.6 is 0 Å². The standard InChI is InChI=1S/C17H20F3N5O/c1-25-16(23-15(24-25)12-6-8-21-9-7-12)22-14(26)10-11-2-4-13(5-3-11)17(18,19)20/h2-5,12,21H,6-10H2,1H3,(H,22,23,24,26). The molecular weight excluding hydrogens is 347 g/mol. The lowest BCUT2D eigenvalue weighted by Gasteiger charge is -2.19. The first kappa shape index (κ1) is 18.4. The summed E-state index contributed by atoms with van der Waals surface area (Å²) in [7, 11) is 1.70. The average molecular weight is 367 g/mol. The van der Waals surface area contributed by atoms with Gasteiger partial charge in [0.25, 0.3) is 0 Å². The molecule has 1 aromatic carbocycles. The Morgan fingerprint density at radius 2 is 1.92 bits per heavy atom. The number of carbonyl (C=O) groups excluding carboxylic acids is 1. The summed E-state index contributed by atoms with van der Waals surface area (Å²) in [6.45, 7) is 1.83. The number of rotatable bonds is 4. The Labute approximate surface area is 148 Å². The van der Waals surface area contributed by atoms with Gasteiger partial charge in [-0.1, -0.05) is 12.1 Å². The van der Waals surface area contributed by atoms with E-state index in [1.807, 2.05) is 0 Å². The first-order valence-electron chi connectivity index (χ1n) is 8.40. The van der Waals surface area contributed by atoms with Gasteiger partial charge < -0.3 is 5.32 Å². The number of aromatic nitrogens is 3. The van der Waals surface area contributed by atoms with E-state index in [1.165, 1.54) is 16.8 Å². The van der Waals surface area contributed by atoms with E-state index in [0.717, 1.165) is 38.1 Å². The van der Waals surface area contributed by atoms with Gasteiger partial charge in [0.15, 0.2) is 5.82 Å². The molecule has 2 N–H and O–H groups in total. The van der Waals surface area contributed by atoms with E-state index in [0.29, 0.717) is 17.3 Å². The van der Waals surface area contributed by atoms with Gasteiger partial charge in [0.05, 0.1) is 12.0 Å². The molecule has 1 amide bonds. The van der Waals surface area contributed by atoms with E-state index in [4.69, 9.17) is 0 Å². The number of nitrogens with zero attached hydrogens (tertiary/aromatic N) is 3. The zero-order valence-electron chi connectivity index (χ0n) is 14.3. The number of anilines is 1. The third kappa shape index (κ3) is 4.40. The maximum Gasteiger partial charge on any atom is 0.416 e. The van der Waals surface area contributed by atoms with Gasteiger partial charge in [-0.05, 0) is 43.6 Å². The molecule has 0 bridgehead atoms. The van der Waals surface area contributed by atoms with Gasteiger partial charge in [0.2, 0.25) is 11.9 Å². The van der Waals surface area contributed by atoms with Gasteiger partial charge in [0.1, 0.15) is 0 Å². The monoisotopic (exact) mass is 367 g/mol. The Morgan fingerprint density at radius 1 is 1.27 bits per heavy atom. The molecule has 0 saturated carbocycles. The highest BCUT2D eigenvalue weighted by Crippen LogP contribution is 2.29. The molecule has 140 valence electrons. The molecule has 26 heavy (non-hydrogen) atoms. The van der Waals surface area contributed by atoms with Crippen LogP contribution in [0, 0.1) is 0 Å². The molecule has 1 aliphatic heterocycles. The van der Waals surface area contributed by atoms with Crippen LogP contribution in [0.1, 0.15) is 35.7 Å². The first-order chi connectivity index (χ1) is 12.3. The lowest BCUT2D eigenvalue weighted by Crippen LogP contribution is -2.27. The molecule has 1 aliphatic rings. The van der Waals surface area contributed by atoms with Crippen molar-refractivity contribution in [3.8, 4) is 0 Å². The summed E-state index contributed by atoms with van der Waals surface area (Å²) in [6, 6.07) is 4.55. The van der Waals surface area contributed by atoms with Crippen molar-refractivity contribution < 1.29 is 18.0 Å². The van der Waals surface area contributed by atoms with Crippen LogP contribution < -0.4 is 10.6 Å². The number of halogens is 3. The molecule has 2 heterocycles. The fourth-order valence-corrected chi connectivity index (χ4v) is 2.93. The molecule has 0 atom stereocenters. The van der Waals surface area contributed by atoms with E-state index in [-0.39, 0.29) is 18.2 Å². The van der Waals surface area contributed by atoms with E-state index in [9.17, 15) is 18.0 Å². The molecule has 3 rings (SSSR count). The van der Waals surface area contributed by atoms with Crippen molar-refractivity contribution in [1.82, 2.24) is 20.1 Å². The molecule has 9 heteroatoms. The predicted octanol–water partition coefficient (Wildman–Crippen LogP) is 2.48. The molecule has 0 radical (unpaired) electrons. The summed E-state index contributed by atoms with van der Waals surface area (Å²) in [5, 5.41) is 10.3. The van der Waals surface area contributed by atoms with Crippen LogP contribution in [0.5, 0.6) is 0 Å². The third-order valence-corrected chi connectivity index (χ3v) is 4.38. The van der Waals surface area contributed by atoms with Crippen molar-refractivity contribution in [2.75, 3.05) is 18.4 Å². The summed E-state index contributed by atoms with van der Waals surface area (Å²) in [4.78, 5) is 16.6. The number of piperidine rings is 1. The molecule has 2 aromatic rings. The van der Waals surface area contributed by atoms with Gasteiger partial charge in [-0.2, -0.15) is 23.3 Å². The molecule has 0 aliphatic carbocycles. The molecule has 1 saturated heterocycles. The lowest BCUT2D eigenvalue weighted by atomic mass is 9.98. The second-order valence-electron chi connectivity index (χ2n) is 6.36. The van der Waals surface area contributed by atoms with Crippen molar-refractivity contribution in [3.05, 3.63) is 41.2 Å². The van der Waals surface area contributed by atoms with Gasteiger partial charge in [-0.25, -0.2) is 4.68 Å². The minimum absolute atomic E-state index is 0.0340. The number of nitrogens with one attached hydrogen (secondary N) is 2. The Balaban J connectivity index is 1.62. The van der Waals surface area contributed by atoms with E-state index >= 15 is 0 Å². The summed E-state index contributed by atoms with van der Waals surface area (Å²) in [6.07, 6.45) is -2.52. The number of aryl methyl sites for hydroxylation is 1. The Bertz CT molecular complexity index is 764. The topological polar surface area (TPSA) is 71.8 Å². The quantitative estimate of drug-likeness (QED) is 0.871. The lowest BCUT2D eigenvalue weighted by molar-refractivity contribution is -0.137. The van der Waals surface area contributed by atoms with Crippen LogP contribution in [-0.4, -0.2) is 33.8 Å². The minimum atomic E-state index is -4.38. The van der Waals surface area contributed by atoms with Crippen molar-refractivity contribution in [1.29, 1.82) is 0 Å². The number of amides is 1. The SMILES string of the molecule is Cn1nc(C2CCNCC2)nc1NC(=O)Cc1ccc(C(F)(F)F)cc1. The summed E-state index contributed by atoms with van der Waals surface area (Å²) < 4.78 is 39.2. The molecule has 1 aromatic heterocycles. The second kappa shape index (κ2) is 7.45. The third-order valence-electron chi connectivity index (χ3n) is 4.38. The fraction of sp³-hybridized carbons (Fsp3) is 0.471. The van der Waals surface area contributed by atoms with Crippen molar-refractivity contribution in [2.24, 2.45) is 7.05 Å². The van der Waals surface area contributed by atoms with Crippen molar-refractivity contribution >= 4 is 11.9 Å². The van der Waals surface area contributed by atoms with E-state index in [2.05, 4.69) is 20.7 Å². The smallest absolute Gasteiger partial charge is 0.317 e. The normalized spacial score (nSPS) is 15.8. The predicted molar refractivity (Wildman–Crippen MR) is 89.6 cm³/mol. The van der Waals surface area contributed by atoms with Crippen molar-refractivity contribution in [3.63, 3.8) is 0 Å². The van der Waals surface area contributed by atoms with Gasteiger partial charge in [-0.3, -0.25) is 10.1 Å². The Morgan fingerprint density at radius 3 is 2.54 bits per heavy atom. The molecule has 6 nitrogen and oxygen atoms in total. The molecular formula is C17H20F3N5O. The highest BCUT2D eigenvalue weighted by Gasteiger charge is 2.30.